The van der Waals surface area contributed by atoms with E-state index in [-0.39, 0.29) is 6.04 Å². The van der Waals surface area contributed by atoms with Crippen molar-refractivity contribution >= 4 is 10.8 Å². The molecular formula is C17H23N3O. The van der Waals surface area contributed by atoms with E-state index < -0.39 is 0 Å². The minimum Gasteiger partial charge on any atom is -0.378 e. The maximum absolute atomic E-state index is 5.82. The Labute approximate surface area is 125 Å². The van der Waals surface area contributed by atoms with Gasteiger partial charge in [-0.2, -0.15) is 0 Å². The molecule has 3 rings (SSSR count). The standard InChI is InChI=1S/C17H23N3O/c18-20-17(8-7-14-5-1-2-11-21-14)16-6-3-4-13-12-19-10-9-15(13)16/h3-4,6,9-10,12,14,17,20H,1-2,5,7-8,11,18H2. The molecule has 0 radical (unpaired) electrons. The second kappa shape index (κ2) is 6.98. The summed E-state index contributed by atoms with van der Waals surface area (Å²) in [6.07, 6.45) is 9.83. The molecule has 0 spiro atoms. The van der Waals surface area contributed by atoms with Crippen LogP contribution in [0.3, 0.4) is 0 Å². The molecule has 4 nitrogen and oxygen atoms in total. The van der Waals surface area contributed by atoms with Crippen LogP contribution in [-0.2, 0) is 4.74 Å². The zero-order valence-corrected chi connectivity index (χ0v) is 12.3. The number of pyridine rings is 1. The normalized spacial score (nSPS) is 20.5. The van der Waals surface area contributed by atoms with Gasteiger partial charge >= 0.3 is 0 Å². The van der Waals surface area contributed by atoms with Gasteiger partial charge in [-0.25, -0.2) is 0 Å². The minimum absolute atomic E-state index is 0.154. The van der Waals surface area contributed by atoms with Crippen LogP contribution in [0.25, 0.3) is 10.8 Å². The van der Waals surface area contributed by atoms with Crippen molar-refractivity contribution in [2.24, 2.45) is 5.84 Å². The lowest BCUT2D eigenvalue weighted by atomic mass is 9.94. The van der Waals surface area contributed by atoms with Crippen molar-refractivity contribution in [1.82, 2.24) is 10.4 Å². The molecule has 1 saturated heterocycles. The molecular weight excluding hydrogens is 262 g/mol. The number of hydrazine groups is 1. The average Bonchev–Trinajstić information content (AvgIpc) is 2.56. The number of benzene rings is 1. The first-order valence-corrected chi connectivity index (χ1v) is 7.79. The highest BCUT2D eigenvalue weighted by Gasteiger charge is 2.18. The predicted molar refractivity (Wildman–Crippen MR) is 84.6 cm³/mol. The first kappa shape index (κ1) is 14.4. The summed E-state index contributed by atoms with van der Waals surface area (Å²) in [4.78, 5) is 4.19. The van der Waals surface area contributed by atoms with Crippen LogP contribution in [0.4, 0.5) is 0 Å². The van der Waals surface area contributed by atoms with E-state index in [1.54, 1.807) is 0 Å². The summed E-state index contributed by atoms with van der Waals surface area (Å²) in [7, 11) is 0. The summed E-state index contributed by atoms with van der Waals surface area (Å²) < 4.78 is 5.82. The fraction of sp³-hybridized carbons (Fsp3) is 0.471. The molecule has 2 atom stereocenters. The molecule has 2 unspecified atom stereocenters. The summed E-state index contributed by atoms with van der Waals surface area (Å²) >= 11 is 0. The van der Waals surface area contributed by atoms with Gasteiger partial charge in [0.15, 0.2) is 0 Å². The van der Waals surface area contributed by atoms with Crippen molar-refractivity contribution in [3.63, 3.8) is 0 Å². The van der Waals surface area contributed by atoms with Crippen LogP contribution in [0.5, 0.6) is 0 Å². The van der Waals surface area contributed by atoms with Crippen molar-refractivity contribution in [3.8, 4) is 0 Å². The molecule has 1 aliphatic rings. The van der Waals surface area contributed by atoms with Gasteiger partial charge in [-0.1, -0.05) is 18.2 Å². The summed E-state index contributed by atoms with van der Waals surface area (Å²) in [5, 5.41) is 2.38. The van der Waals surface area contributed by atoms with Gasteiger partial charge in [-0.05, 0) is 49.1 Å². The van der Waals surface area contributed by atoms with Crippen LogP contribution in [0.15, 0.2) is 36.7 Å². The Bertz CT molecular complexity index is 576. The molecule has 0 aliphatic carbocycles. The van der Waals surface area contributed by atoms with E-state index in [0.717, 1.165) is 24.8 Å². The number of hydrogen-bond donors (Lipinski definition) is 2. The zero-order chi connectivity index (χ0) is 14.5. The molecule has 1 fully saturated rings. The molecule has 0 amide bonds. The number of rotatable bonds is 5. The van der Waals surface area contributed by atoms with Crippen LogP contribution in [0.1, 0.15) is 43.7 Å². The lowest BCUT2D eigenvalue weighted by Gasteiger charge is -2.25. The lowest BCUT2D eigenvalue weighted by Crippen LogP contribution is -2.30. The van der Waals surface area contributed by atoms with Crippen molar-refractivity contribution in [2.45, 2.75) is 44.2 Å². The number of hydrogen-bond acceptors (Lipinski definition) is 4. The topological polar surface area (TPSA) is 60.2 Å². The SMILES string of the molecule is NNC(CCC1CCCCO1)c1cccc2cnccc12. The van der Waals surface area contributed by atoms with Crippen molar-refractivity contribution in [1.29, 1.82) is 0 Å². The van der Waals surface area contributed by atoms with Gasteiger partial charge in [-0.3, -0.25) is 16.3 Å². The third kappa shape index (κ3) is 3.40. The van der Waals surface area contributed by atoms with Gasteiger partial charge < -0.3 is 4.74 Å². The number of ether oxygens (including phenoxy) is 1. The van der Waals surface area contributed by atoms with Crippen LogP contribution < -0.4 is 11.3 Å². The third-order valence-corrected chi connectivity index (χ3v) is 4.34. The van der Waals surface area contributed by atoms with E-state index >= 15 is 0 Å². The Morgan fingerprint density at radius 3 is 3.10 bits per heavy atom. The largest absolute Gasteiger partial charge is 0.378 e. The second-order valence-electron chi connectivity index (χ2n) is 5.73. The summed E-state index contributed by atoms with van der Waals surface area (Å²) in [6.45, 7) is 0.908. The van der Waals surface area contributed by atoms with Crippen LogP contribution in [-0.4, -0.2) is 17.7 Å². The van der Waals surface area contributed by atoms with E-state index in [1.807, 2.05) is 12.4 Å². The van der Waals surface area contributed by atoms with Crippen molar-refractivity contribution in [3.05, 3.63) is 42.2 Å². The van der Waals surface area contributed by atoms with Gasteiger partial charge in [0.05, 0.1) is 6.10 Å². The van der Waals surface area contributed by atoms with E-state index in [0.29, 0.717) is 6.10 Å². The molecule has 1 aliphatic heterocycles. The molecule has 0 bridgehead atoms. The fourth-order valence-corrected chi connectivity index (χ4v) is 3.17. The molecule has 112 valence electrons. The van der Waals surface area contributed by atoms with Crippen molar-refractivity contribution in [2.75, 3.05) is 6.61 Å². The first-order chi connectivity index (χ1) is 10.4. The monoisotopic (exact) mass is 285 g/mol. The minimum atomic E-state index is 0.154. The van der Waals surface area contributed by atoms with Crippen LogP contribution >= 0.6 is 0 Å². The lowest BCUT2D eigenvalue weighted by molar-refractivity contribution is 0.00856. The molecule has 1 aromatic carbocycles. The molecule has 3 N–H and O–H groups in total. The number of nitrogens with zero attached hydrogens (tertiary/aromatic N) is 1. The van der Waals surface area contributed by atoms with Crippen LogP contribution in [0, 0.1) is 0 Å². The Balaban J connectivity index is 1.75. The molecule has 2 heterocycles. The molecule has 0 saturated carbocycles. The van der Waals surface area contributed by atoms with E-state index in [9.17, 15) is 0 Å². The third-order valence-electron chi connectivity index (χ3n) is 4.34. The smallest absolute Gasteiger partial charge is 0.0575 e. The Kier molecular flexibility index (Phi) is 4.80. The number of fused-ring (bicyclic) bond motifs is 1. The second-order valence-corrected chi connectivity index (χ2v) is 5.73. The zero-order valence-electron chi connectivity index (χ0n) is 12.3. The number of nitrogens with two attached hydrogens (primary N) is 1. The molecule has 21 heavy (non-hydrogen) atoms. The highest BCUT2D eigenvalue weighted by atomic mass is 16.5. The maximum Gasteiger partial charge on any atom is 0.0575 e. The molecule has 2 aromatic rings. The summed E-state index contributed by atoms with van der Waals surface area (Å²) in [5.41, 5.74) is 4.22. The van der Waals surface area contributed by atoms with E-state index in [1.165, 1.54) is 30.2 Å². The van der Waals surface area contributed by atoms with Gasteiger partial charge in [0.1, 0.15) is 0 Å². The number of aromatic nitrogens is 1. The van der Waals surface area contributed by atoms with Gasteiger partial charge in [0, 0.05) is 30.4 Å². The Hall–Kier alpha value is -1.49. The first-order valence-electron chi connectivity index (χ1n) is 7.79. The van der Waals surface area contributed by atoms with Crippen LogP contribution in [0.2, 0.25) is 0 Å². The van der Waals surface area contributed by atoms with Gasteiger partial charge in [-0.15, -0.1) is 0 Å². The fourth-order valence-electron chi connectivity index (χ4n) is 3.17. The highest BCUT2D eigenvalue weighted by molar-refractivity contribution is 5.85. The number of nitrogens with one attached hydrogen (secondary N) is 1. The maximum atomic E-state index is 5.82. The average molecular weight is 285 g/mol. The summed E-state index contributed by atoms with van der Waals surface area (Å²) in [6, 6.07) is 8.52. The highest BCUT2D eigenvalue weighted by Crippen LogP contribution is 2.28. The van der Waals surface area contributed by atoms with Gasteiger partial charge in [0.2, 0.25) is 0 Å². The Morgan fingerprint density at radius 1 is 1.33 bits per heavy atom. The molecule has 4 heteroatoms. The van der Waals surface area contributed by atoms with E-state index in [2.05, 4.69) is 34.7 Å². The quantitative estimate of drug-likeness (QED) is 0.654. The predicted octanol–water partition coefficient (Wildman–Crippen LogP) is 3.09. The van der Waals surface area contributed by atoms with E-state index in [4.69, 9.17) is 10.6 Å². The van der Waals surface area contributed by atoms with Gasteiger partial charge in [0.25, 0.3) is 0 Å². The Morgan fingerprint density at radius 2 is 2.29 bits per heavy atom. The van der Waals surface area contributed by atoms with Crippen molar-refractivity contribution < 1.29 is 4.74 Å². The summed E-state index contributed by atoms with van der Waals surface area (Å²) in [5.74, 6) is 5.81. The molecule has 1 aromatic heterocycles.